The third-order valence-electron chi connectivity index (χ3n) is 1.94. The van der Waals surface area contributed by atoms with Crippen LogP contribution in [0.4, 0.5) is 0 Å². The van der Waals surface area contributed by atoms with Crippen LogP contribution in [0.15, 0.2) is 18.5 Å². The van der Waals surface area contributed by atoms with E-state index in [-0.39, 0.29) is 29.0 Å². The Morgan fingerprint density at radius 2 is 2.00 bits per heavy atom. The van der Waals surface area contributed by atoms with Crippen LogP contribution in [-0.4, -0.2) is 31.8 Å². The number of aromatic nitrogens is 5. The largest absolute Gasteiger partial charge is 0.466 e. The van der Waals surface area contributed by atoms with Crippen LogP contribution in [0.25, 0.3) is 5.95 Å². The summed E-state index contributed by atoms with van der Waals surface area (Å²) >= 11 is 0. The van der Waals surface area contributed by atoms with Crippen LogP contribution in [0.5, 0.6) is 6.01 Å². The van der Waals surface area contributed by atoms with Crippen LogP contribution in [0.1, 0.15) is 18.8 Å². The first-order chi connectivity index (χ1) is 7.72. The fourth-order valence-corrected chi connectivity index (χ4v) is 1.23. The van der Waals surface area contributed by atoms with Crippen molar-refractivity contribution < 1.29 is 4.74 Å². The molecule has 0 amide bonds. The molecule has 1 unspecified atom stereocenters. The molecule has 2 aromatic heterocycles. The van der Waals surface area contributed by atoms with Crippen molar-refractivity contribution in [3.05, 3.63) is 24.3 Å². The first-order valence-corrected chi connectivity index (χ1v) is 4.76. The summed E-state index contributed by atoms with van der Waals surface area (Å²) in [7, 11) is 1.50. The second-order valence-electron chi connectivity index (χ2n) is 3.21. The lowest BCUT2D eigenvalue weighted by molar-refractivity contribution is 0.379. The SMILES string of the molecule is Br.COc1nc(C(C)N)n(-c2ncccn2)n1. The lowest BCUT2D eigenvalue weighted by Gasteiger charge is -2.04. The zero-order valence-corrected chi connectivity index (χ0v) is 11.2. The van der Waals surface area contributed by atoms with E-state index in [0.717, 1.165) is 0 Å². The Labute approximate surface area is 109 Å². The van der Waals surface area contributed by atoms with Crippen molar-refractivity contribution in [3.8, 4) is 12.0 Å². The average molecular weight is 301 g/mol. The molecule has 0 aliphatic heterocycles. The van der Waals surface area contributed by atoms with Crippen molar-refractivity contribution in [3.63, 3.8) is 0 Å². The van der Waals surface area contributed by atoms with Crippen LogP contribution in [0.2, 0.25) is 0 Å². The minimum atomic E-state index is -0.278. The molecule has 0 spiro atoms. The van der Waals surface area contributed by atoms with Gasteiger partial charge in [0.25, 0.3) is 5.95 Å². The summed E-state index contributed by atoms with van der Waals surface area (Å²) in [6.07, 6.45) is 3.25. The molecule has 2 rings (SSSR count). The molecule has 0 saturated heterocycles. The molecule has 0 radical (unpaired) electrons. The molecule has 0 fully saturated rings. The Morgan fingerprint density at radius 3 is 2.53 bits per heavy atom. The summed E-state index contributed by atoms with van der Waals surface area (Å²) in [5.41, 5.74) is 5.79. The number of hydrogen-bond donors (Lipinski definition) is 1. The highest BCUT2D eigenvalue weighted by Crippen LogP contribution is 2.14. The normalized spacial score (nSPS) is 11.7. The summed E-state index contributed by atoms with van der Waals surface area (Å²) in [5.74, 6) is 0.980. The van der Waals surface area contributed by atoms with Gasteiger partial charge >= 0.3 is 6.01 Å². The number of nitrogens with two attached hydrogens (primary N) is 1. The minimum absolute atomic E-state index is 0. The zero-order chi connectivity index (χ0) is 11.5. The van der Waals surface area contributed by atoms with Crippen molar-refractivity contribution in [2.45, 2.75) is 13.0 Å². The third-order valence-corrected chi connectivity index (χ3v) is 1.94. The molecule has 0 aliphatic rings. The van der Waals surface area contributed by atoms with E-state index in [1.54, 1.807) is 18.5 Å². The maximum absolute atomic E-state index is 5.79. The molecule has 2 N–H and O–H groups in total. The van der Waals surface area contributed by atoms with Crippen molar-refractivity contribution in [1.29, 1.82) is 0 Å². The predicted molar refractivity (Wildman–Crippen MR) is 66.4 cm³/mol. The molecule has 2 aromatic rings. The van der Waals surface area contributed by atoms with Crippen LogP contribution < -0.4 is 10.5 Å². The highest BCUT2D eigenvalue weighted by atomic mass is 79.9. The molecule has 1 atom stereocenters. The van der Waals surface area contributed by atoms with Gasteiger partial charge in [0.05, 0.1) is 13.2 Å². The first-order valence-electron chi connectivity index (χ1n) is 4.76. The summed E-state index contributed by atoms with van der Waals surface area (Å²) < 4.78 is 6.43. The van der Waals surface area contributed by atoms with Gasteiger partial charge in [-0.1, -0.05) is 0 Å². The summed E-state index contributed by atoms with van der Waals surface area (Å²) in [6.45, 7) is 1.81. The van der Waals surface area contributed by atoms with E-state index in [2.05, 4.69) is 20.1 Å². The molecule has 0 aromatic carbocycles. The van der Waals surface area contributed by atoms with Crippen molar-refractivity contribution >= 4 is 17.0 Å². The lowest BCUT2D eigenvalue weighted by atomic mass is 10.3. The Hall–Kier alpha value is -1.54. The molecule has 0 saturated carbocycles. The van der Waals surface area contributed by atoms with Gasteiger partial charge in [0.2, 0.25) is 0 Å². The Balaban J connectivity index is 0.00000144. The topological polar surface area (TPSA) is 91.7 Å². The van der Waals surface area contributed by atoms with Crippen molar-refractivity contribution in [2.24, 2.45) is 5.73 Å². The van der Waals surface area contributed by atoms with Gasteiger partial charge in [-0.2, -0.15) is 9.67 Å². The van der Waals surface area contributed by atoms with E-state index < -0.39 is 0 Å². The number of rotatable bonds is 3. The van der Waals surface area contributed by atoms with E-state index in [4.69, 9.17) is 10.5 Å². The Morgan fingerprint density at radius 1 is 1.35 bits per heavy atom. The second kappa shape index (κ2) is 5.69. The maximum Gasteiger partial charge on any atom is 0.335 e. The van der Waals surface area contributed by atoms with E-state index in [1.165, 1.54) is 11.8 Å². The summed E-state index contributed by atoms with van der Waals surface area (Å²) in [6, 6.07) is 1.70. The molecule has 0 bridgehead atoms. The van der Waals surface area contributed by atoms with E-state index >= 15 is 0 Å². The van der Waals surface area contributed by atoms with Gasteiger partial charge in [-0.3, -0.25) is 0 Å². The van der Waals surface area contributed by atoms with Gasteiger partial charge in [-0.25, -0.2) is 9.97 Å². The monoisotopic (exact) mass is 300 g/mol. The average Bonchev–Trinajstić information content (AvgIpc) is 2.74. The van der Waals surface area contributed by atoms with Crippen molar-refractivity contribution in [2.75, 3.05) is 7.11 Å². The van der Waals surface area contributed by atoms with E-state index in [9.17, 15) is 0 Å². The third kappa shape index (κ3) is 2.77. The highest BCUT2D eigenvalue weighted by molar-refractivity contribution is 8.93. The Kier molecular flexibility index (Phi) is 4.53. The van der Waals surface area contributed by atoms with Crippen LogP contribution in [-0.2, 0) is 0 Å². The summed E-state index contributed by atoms with van der Waals surface area (Å²) in [5, 5.41) is 4.10. The quantitative estimate of drug-likeness (QED) is 0.895. The van der Waals surface area contributed by atoms with Gasteiger partial charge < -0.3 is 10.5 Å². The fraction of sp³-hybridized carbons (Fsp3) is 0.333. The molecule has 92 valence electrons. The van der Waals surface area contributed by atoms with Gasteiger partial charge in [-0.05, 0) is 13.0 Å². The number of methoxy groups -OCH3 is 1. The molecule has 17 heavy (non-hydrogen) atoms. The Bertz CT molecular complexity index is 472. The second-order valence-corrected chi connectivity index (χ2v) is 3.21. The highest BCUT2D eigenvalue weighted by Gasteiger charge is 2.16. The molecule has 2 heterocycles. The molecule has 8 heteroatoms. The number of halogens is 1. The predicted octanol–water partition coefficient (Wildman–Crippen LogP) is 0.664. The van der Waals surface area contributed by atoms with Gasteiger partial charge in [0.15, 0.2) is 5.82 Å². The van der Waals surface area contributed by atoms with Crippen LogP contribution in [0.3, 0.4) is 0 Å². The van der Waals surface area contributed by atoms with Crippen LogP contribution >= 0.6 is 17.0 Å². The van der Waals surface area contributed by atoms with E-state index in [1.807, 2.05) is 6.92 Å². The minimum Gasteiger partial charge on any atom is -0.466 e. The van der Waals surface area contributed by atoms with Crippen LogP contribution in [0, 0.1) is 0 Å². The number of nitrogens with zero attached hydrogens (tertiary/aromatic N) is 5. The van der Waals surface area contributed by atoms with Gasteiger partial charge in [0, 0.05) is 12.4 Å². The zero-order valence-electron chi connectivity index (χ0n) is 9.44. The van der Waals surface area contributed by atoms with Crippen molar-refractivity contribution in [1.82, 2.24) is 24.7 Å². The van der Waals surface area contributed by atoms with Gasteiger partial charge in [-0.15, -0.1) is 22.1 Å². The summed E-state index contributed by atoms with van der Waals surface area (Å²) in [4.78, 5) is 12.3. The smallest absolute Gasteiger partial charge is 0.335 e. The van der Waals surface area contributed by atoms with E-state index in [0.29, 0.717) is 11.8 Å². The standard InChI is InChI=1S/C9H12N6O.BrH/c1-6(10)7-13-9(16-2)14-15(7)8-11-4-3-5-12-8;/h3-6H,10H2,1-2H3;1H. The first kappa shape index (κ1) is 13.5. The van der Waals surface area contributed by atoms with Gasteiger partial charge in [0.1, 0.15) is 0 Å². The molecular formula is C9H13BrN6O. The fourth-order valence-electron chi connectivity index (χ4n) is 1.23. The molecule has 7 nitrogen and oxygen atoms in total. The number of ether oxygens (including phenoxy) is 1. The molecule has 0 aliphatic carbocycles. The molecular weight excluding hydrogens is 288 g/mol. The maximum atomic E-state index is 5.79. The lowest BCUT2D eigenvalue weighted by Crippen LogP contribution is -2.14. The number of hydrogen-bond acceptors (Lipinski definition) is 6.